The molecule has 0 saturated heterocycles. The molecule has 0 fully saturated rings. The quantitative estimate of drug-likeness (QED) is 0.218. The van der Waals surface area contributed by atoms with Gasteiger partial charge in [0, 0.05) is 18.7 Å². The molecule has 37 heavy (non-hydrogen) atoms. The van der Waals surface area contributed by atoms with E-state index in [1.807, 2.05) is 54.6 Å². The van der Waals surface area contributed by atoms with Crippen LogP contribution in [0.5, 0.6) is 5.75 Å². The fraction of sp³-hybridized carbons (Fsp3) is 0.188. The van der Waals surface area contributed by atoms with E-state index in [1.54, 1.807) is 0 Å². The number of imidazole rings is 1. The molecule has 1 aromatic heterocycles. The fourth-order valence-corrected chi connectivity index (χ4v) is 4.37. The minimum atomic E-state index is -0.0662. The molecule has 5 rings (SSSR count). The molecule has 4 aromatic carbocycles. The molecule has 5 heteroatoms. The molecule has 1 N–H and O–H groups in total. The third-order valence-corrected chi connectivity index (χ3v) is 6.42. The van der Waals surface area contributed by atoms with E-state index in [-0.39, 0.29) is 5.91 Å². The molecule has 0 aliphatic heterocycles. The Hall–Kier alpha value is -4.38. The predicted molar refractivity (Wildman–Crippen MR) is 149 cm³/mol. The Morgan fingerprint density at radius 3 is 2.30 bits per heavy atom. The van der Waals surface area contributed by atoms with Crippen LogP contribution in [0, 0.1) is 0 Å². The summed E-state index contributed by atoms with van der Waals surface area (Å²) in [5.41, 5.74) is 5.94. The van der Waals surface area contributed by atoms with Gasteiger partial charge in [-0.3, -0.25) is 4.79 Å². The maximum atomic E-state index is 12.6. The maximum absolute atomic E-state index is 12.6. The second kappa shape index (κ2) is 11.6. The van der Waals surface area contributed by atoms with E-state index < -0.39 is 0 Å². The largest absolute Gasteiger partial charge is 0.486 e. The SMILES string of the molecule is CCCCNC(=O)c1ccc2c(c1)nc(COc1ccccc1)n2Cc1ccc(-c2ccccc2)cc1. The van der Waals surface area contributed by atoms with Gasteiger partial charge in [-0.2, -0.15) is 0 Å². The smallest absolute Gasteiger partial charge is 0.251 e. The van der Waals surface area contributed by atoms with Gasteiger partial charge in [0.25, 0.3) is 5.91 Å². The molecule has 0 spiro atoms. The van der Waals surface area contributed by atoms with Crippen molar-refractivity contribution in [3.05, 3.63) is 120 Å². The molecule has 0 atom stereocenters. The van der Waals surface area contributed by atoms with Crippen molar-refractivity contribution < 1.29 is 9.53 Å². The first-order valence-corrected chi connectivity index (χ1v) is 12.8. The van der Waals surface area contributed by atoms with Gasteiger partial charge >= 0.3 is 0 Å². The third kappa shape index (κ3) is 5.89. The lowest BCUT2D eigenvalue weighted by Gasteiger charge is -2.12. The van der Waals surface area contributed by atoms with Crippen molar-refractivity contribution in [3.63, 3.8) is 0 Å². The average Bonchev–Trinajstić information content (AvgIpc) is 3.29. The van der Waals surface area contributed by atoms with Crippen LogP contribution in [-0.2, 0) is 13.2 Å². The highest BCUT2D eigenvalue weighted by atomic mass is 16.5. The van der Waals surface area contributed by atoms with Crippen LogP contribution >= 0.6 is 0 Å². The third-order valence-electron chi connectivity index (χ3n) is 6.42. The standard InChI is InChI=1S/C32H31N3O2/c1-2-3-20-33-32(36)27-18-19-30-29(21-27)34-31(23-37-28-12-8-5-9-13-28)35(30)22-24-14-16-26(17-15-24)25-10-6-4-7-11-25/h4-19,21H,2-3,20,22-23H2,1H3,(H,33,36). The Balaban J connectivity index is 1.43. The van der Waals surface area contributed by atoms with Crippen molar-refractivity contribution in [2.75, 3.05) is 6.54 Å². The van der Waals surface area contributed by atoms with E-state index in [9.17, 15) is 4.79 Å². The van der Waals surface area contributed by atoms with E-state index in [1.165, 1.54) is 16.7 Å². The van der Waals surface area contributed by atoms with Gasteiger partial charge in [-0.15, -0.1) is 0 Å². The molecular weight excluding hydrogens is 458 g/mol. The lowest BCUT2D eigenvalue weighted by atomic mass is 10.0. The Bertz CT molecular complexity index is 1460. The number of amides is 1. The predicted octanol–water partition coefficient (Wildman–Crippen LogP) is 6.86. The van der Waals surface area contributed by atoms with E-state index in [2.05, 4.69) is 65.3 Å². The summed E-state index contributed by atoms with van der Waals surface area (Å²) < 4.78 is 8.23. The van der Waals surface area contributed by atoms with Crippen LogP contribution in [-0.4, -0.2) is 22.0 Å². The summed E-state index contributed by atoms with van der Waals surface area (Å²) in [4.78, 5) is 17.5. The number of nitrogens with one attached hydrogen (secondary N) is 1. The lowest BCUT2D eigenvalue weighted by Crippen LogP contribution is -2.24. The number of ether oxygens (including phenoxy) is 1. The molecule has 1 amide bonds. The Morgan fingerprint density at radius 1 is 0.865 bits per heavy atom. The van der Waals surface area contributed by atoms with Gasteiger partial charge in [-0.05, 0) is 53.4 Å². The number of rotatable bonds is 10. The van der Waals surface area contributed by atoms with Crippen molar-refractivity contribution >= 4 is 16.9 Å². The minimum absolute atomic E-state index is 0.0662. The Morgan fingerprint density at radius 2 is 1.57 bits per heavy atom. The van der Waals surface area contributed by atoms with Gasteiger partial charge in [0.2, 0.25) is 0 Å². The summed E-state index contributed by atoms with van der Waals surface area (Å²) in [5.74, 6) is 1.54. The van der Waals surface area contributed by atoms with E-state index >= 15 is 0 Å². The van der Waals surface area contributed by atoms with Crippen LogP contribution < -0.4 is 10.1 Å². The van der Waals surface area contributed by atoms with Gasteiger partial charge < -0.3 is 14.6 Å². The van der Waals surface area contributed by atoms with Crippen molar-refractivity contribution in [2.24, 2.45) is 0 Å². The van der Waals surface area contributed by atoms with Crippen molar-refractivity contribution in [1.82, 2.24) is 14.9 Å². The highest BCUT2D eigenvalue weighted by molar-refractivity contribution is 5.97. The highest BCUT2D eigenvalue weighted by Crippen LogP contribution is 2.24. The van der Waals surface area contributed by atoms with Gasteiger partial charge in [0.05, 0.1) is 11.0 Å². The summed E-state index contributed by atoms with van der Waals surface area (Å²) in [5, 5.41) is 2.99. The summed E-state index contributed by atoms with van der Waals surface area (Å²) >= 11 is 0. The number of nitrogens with zero attached hydrogens (tertiary/aromatic N) is 2. The molecule has 0 radical (unpaired) electrons. The van der Waals surface area contributed by atoms with E-state index in [4.69, 9.17) is 9.72 Å². The minimum Gasteiger partial charge on any atom is -0.486 e. The number of hydrogen-bond acceptors (Lipinski definition) is 3. The van der Waals surface area contributed by atoms with Crippen LogP contribution in [0.25, 0.3) is 22.2 Å². The fourth-order valence-electron chi connectivity index (χ4n) is 4.37. The topological polar surface area (TPSA) is 56.1 Å². The number of para-hydroxylation sites is 1. The number of carbonyl (C=O) groups is 1. The second-order valence-corrected chi connectivity index (χ2v) is 9.09. The zero-order valence-corrected chi connectivity index (χ0v) is 21.1. The van der Waals surface area contributed by atoms with Gasteiger partial charge in [0.15, 0.2) is 0 Å². The molecule has 0 bridgehead atoms. The van der Waals surface area contributed by atoms with Crippen LogP contribution in [0.2, 0.25) is 0 Å². The molecular formula is C32H31N3O2. The molecule has 0 aliphatic carbocycles. The Kier molecular flexibility index (Phi) is 7.60. The molecule has 0 unspecified atom stereocenters. The van der Waals surface area contributed by atoms with E-state index in [0.717, 1.165) is 35.4 Å². The summed E-state index contributed by atoms with van der Waals surface area (Å²) in [7, 11) is 0. The van der Waals surface area contributed by atoms with Crippen molar-refractivity contribution in [1.29, 1.82) is 0 Å². The number of carbonyl (C=O) groups excluding carboxylic acids is 1. The number of fused-ring (bicyclic) bond motifs is 1. The highest BCUT2D eigenvalue weighted by Gasteiger charge is 2.15. The molecule has 1 heterocycles. The maximum Gasteiger partial charge on any atom is 0.251 e. The van der Waals surface area contributed by atoms with Gasteiger partial charge in [-0.1, -0.05) is 86.1 Å². The average molecular weight is 490 g/mol. The zero-order valence-electron chi connectivity index (χ0n) is 21.1. The van der Waals surface area contributed by atoms with Crippen molar-refractivity contribution in [2.45, 2.75) is 32.9 Å². The Labute approximate surface area is 217 Å². The van der Waals surface area contributed by atoms with Crippen LogP contribution in [0.1, 0.15) is 41.5 Å². The molecule has 5 aromatic rings. The first-order chi connectivity index (χ1) is 18.2. The van der Waals surface area contributed by atoms with Gasteiger partial charge in [0.1, 0.15) is 18.2 Å². The first-order valence-electron chi connectivity index (χ1n) is 12.8. The molecule has 0 aliphatic rings. The molecule has 0 saturated carbocycles. The molecule has 5 nitrogen and oxygen atoms in total. The molecule has 186 valence electrons. The lowest BCUT2D eigenvalue weighted by molar-refractivity contribution is 0.0953. The summed E-state index contributed by atoms with van der Waals surface area (Å²) in [6.07, 6.45) is 2.01. The zero-order chi connectivity index (χ0) is 25.5. The van der Waals surface area contributed by atoms with Crippen LogP contribution in [0.3, 0.4) is 0 Å². The monoisotopic (exact) mass is 489 g/mol. The van der Waals surface area contributed by atoms with Crippen molar-refractivity contribution in [3.8, 4) is 16.9 Å². The summed E-state index contributed by atoms with van der Waals surface area (Å²) in [6, 6.07) is 34.5. The number of hydrogen-bond donors (Lipinski definition) is 1. The first kappa shape index (κ1) is 24.3. The number of unbranched alkanes of at least 4 members (excludes halogenated alkanes) is 1. The summed E-state index contributed by atoms with van der Waals surface area (Å²) in [6.45, 7) is 3.77. The number of benzene rings is 4. The second-order valence-electron chi connectivity index (χ2n) is 9.09. The number of aromatic nitrogens is 2. The van der Waals surface area contributed by atoms with Crippen LogP contribution in [0.15, 0.2) is 103 Å². The van der Waals surface area contributed by atoms with E-state index in [0.29, 0.717) is 25.3 Å². The normalized spacial score (nSPS) is 10.9. The van der Waals surface area contributed by atoms with Crippen LogP contribution in [0.4, 0.5) is 0 Å². The van der Waals surface area contributed by atoms with Gasteiger partial charge in [-0.25, -0.2) is 4.98 Å².